The molecule has 1 aliphatic rings. The Morgan fingerprint density at radius 1 is 0.968 bits per heavy atom. The third-order valence-corrected chi connectivity index (χ3v) is 4.99. The second-order valence-corrected chi connectivity index (χ2v) is 7.15. The van der Waals surface area contributed by atoms with Crippen LogP contribution in [0.4, 0.5) is 5.69 Å². The van der Waals surface area contributed by atoms with E-state index >= 15 is 0 Å². The Hall–Kier alpha value is -3.16. The zero-order valence-corrected chi connectivity index (χ0v) is 19.0. The molecule has 0 saturated heterocycles. The summed E-state index contributed by atoms with van der Waals surface area (Å²) in [6.07, 6.45) is 12.0. The first-order chi connectivity index (χ1) is 15.2. The van der Waals surface area contributed by atoms with Crippen LogP contribution in [-0.2, 0) is 6.42 Å². The minimum atomic E-state index is 0.358. The fourth-order valence-electron chi connectivity index (χ4n) is 3.21. The van der Waals surface area contributed by atoms with Gasteiger partial charge in [-0.1, -0.05) is 101 Å². The van der Waals surface area contributed by atoms with Crippen molar-refractivity contribution in [1.82, 2.24) is 4.98 Å². The van der Waals surface area contributed by atoms with Crippen molar-refractivity contribution in [2.75, 3.05) is 12.8 Å². The molecule has 0 amide bonds. The molecule has 4 nitrogen and oxygen atoms in total. The summed E-state index contributed by atoms with van der Waals surface area (Å²) in [4.78, 5) is 4.11. The number of nitrogens with two attached hydrogens (primary N) is 2. The van der Waals surface area contributed by atoms with Crippen molar-refractivity contribution in [2.24, 2.45) is 5.73 Å². The Kier molecular flexibility index (Phi) is 13.1. The first kappa shape index (κ1) is 25.9. The topological polar surface area (TPSA) is 88.7 Å². The number of nitriles is 1. The molecule has 0 unspecified atom stereocenters. The third kappa shape index (κ3) is 9.46. The number of aryl methyl sites for hydroxylation is 1. The number of rotatable bonds is 2. The van der Waals surface area contributed by atoms with Crippen LogP contribution in [0.1, 0.15) is 62.3 Å². The van der Waals surface area contributed by atoms with Gasteiger partial charge < -0.3 is 11.5 Å². The van der Waals surface area contributed by atoms with Crippen molar-refractivity contribution in [2.45, 2.75) is 51.9 Å². The molecular weight excluding hydrogens is 380 g/mol. The lowest BCUT2D eigenvalue weighted by Crippen LogP contribution is -1.91. The fraction of sp³-hybridized carbons (Fsp3) is 0.333. The highest BCUT2D eigenvalue weighted by Gasteiger charge is 2.00. The largest absolute Gasteiger partial charge is 0.398 e. The van der Waals surface area contributed by atoms with E-state index in [1.807, 2.05) is 36.4 Å². The molecule has 4 heteroatoms. The van der Waals surface area contributed by atoms with Crippen LogP contribution < -0.4 is 11.5 Å². The number of para-hydroxylation sites is 1. The van der Waals surface area contributed by atoms with Crippen molar-refractivity contribution in [3.05, 3.63) is 78.0 Å². The van der Waals surface area contributed by atoms with Crippen LogP contribution in [0, 0.1) is 11.3 Å². The van der Waals surface area contributed by atoms with Crippen LogP contribution in [0.5, 0.6) is 0 Å². The van der Waals surface area contributed by atoms with Gasteiger partial charge in [0.05, 0.1) is 5.52 Å². The van der Waals surface area contributed by atoms with Gasteiger partial charge in [-0.2, -0.15) is 5.26 Å². The summed E-state index contributed by atoms with van der Waals surface area (Å²) in [5.41, 5.74) is 14.5. The van der Waals surface area contributed by atoms with Gasteiger partial charge in [0, 0.05) is 11.1 Å². The van der Waals surface area contributed by atoms with E-state index in [1.54, 1.807) is 6.07 Å². The van der Waals surface area contributed by atoms with Crippen LogP contribution in [0.25, 0.3) is 17.0 Å². The van der Waals surface area contributed by atoms with E-state index in [2.05, 4.69) is 48.5 Å². The van der Waals surface area contributed by atoms with Gasteiger partial charge in [0.1, 0.15) is 11.8 Å². The van der Waals surface area contributed by atoms with Gasteiger partial charge in [0.15, 0.2) is 0 Å². The highest BCUT2D eigenvalue weighted by Crippen LogP contribution is 2.19. The third-order valence-electron chi connectivity index (χ3n) is 4.99. The molecular formula is C27H36N4. The van der Waals surface area contributed by atoms with Crippen molar-refractivity contribution < 1.29 is 0 Å². The summed E-state index contributed by atoms with van der Waals surface area (Å²) in [7, 11) is 1.50. The summed E-state index contributed by atoms with van der Waals surface area (Å²) < 4.78 is 0. The van der Waals surface area contributed by atoms with E-state index in [0.717, 1.165) is 17.3 Å². The zero-order chi connectivity index (χ0) is 22.9. The number of aromatic nitrogens is 1. The molecule has 164 valence electrons. The summed E-state index contributed by atoms with van der Waals surface area (Å²) in [5.74, 6) is 0. The lowest BCUT2D eigenvalue weighted by molar-refractivity contribution is 0.504. The van der Waals surface area contributed by atoms with Crippen LogP contribution in [0.3, 0.4) is 0 Å². The maximum absolute atomic E-state index is 8.65. The molecule has 1 saturated carbocycles. The molecule has 0 spiro atoms. The number of benzene rings is 2. The number of hydrogen-bond acceptors (Lipinski definition) is 4. The quantitative estimate of drug-likeness (QED) is 0.499. The summed E-state index contributed by atoms with van der Waals surface area (Å²) in [6, 6.07) is 19.5. The lowest BCUT2D eigenvalue weighted by atomic mass is 10.0. The van der Waals surface area contributed by atoms with Crippen LogP contribution in [0.2, 0.25) is 0 Å². The van der Waals surface area contributed by atoms with Gasteiger partial charge in [0.25, 0.3) is 0 Å². The zero-order valence-electron chi connectivity index (χ0n) is 19.0. The van der Waals surface area contributed by atoms with Gasteiger partial charge in [-0.25, -0.2) is 4.98 Å². The number of hydrogen-bond donors (Lipinski definition) is 2. The van der Waals surface area contributed by atoms with Crippen LogP contribution in [0.15, 0.2) is 61.2 Å². The number of nitrogens with zero attached hydrogens (tertiary/aromatic N) is 2. The number of fused-ring (bicyclic) bond motifs is 1. The van der Waals surface area contributed by atoms with Gasteiger partial charge in [-0.3, -0.25) is 0 Å². The van der Waals surface area contributed by atoms with Crippen molar-refractivity contribution in [3.8, 4) is 6.07 Å². The highest BCUT2D eigenvalue weighted by molar-refractivity contribution is 5.90. The van der Waals surface area contributed by atoms with E-state index < -0.39 is 0 Å². The normalized spacial score (nSPS) is 11.9. The Morgan fingerprint density at radius 2 is 1.52 bits per heavy atom. The molecule has 1 aliphatic carbocycles. The molecule has 1 heterocycles. The predicted octanol–water partition coefficient (Wildman–Crippen LogP) is 6.50. The molecule has 2 aromatic carbocycles. The van der Waals surface area contributed by atoms with E-state index in [4.69, 9.17) is 11.0 Å². The molecule has 0 aliphatic heterocycles. The first-order valence-corrected chi connectivity index (χ1v) is 11.0. The smallest absolute Gasteiger partial charge is 0.143 e. The molecule has 31 heavy (non-hydrogen) atoms. The first-order valence-electron chi connectivity index (χ1n) is 11.0. The number of anilines is 1. The fourth-order valence-corrected chi connectivity index (χ4v) is 3.21. The SMILES string of the molecule is C1CCCCC1.C=Cc1ccc(CC)cc1.CN.N#Cc1cc(N)c2ccccc2n1. The maximum Gasteiger partial charge on any atom is 0.143 e. The minimum Gasteiger partial charge on any atom is -0.398 e. The lowest BCUT2D eigenvalue weighted by Gasteiger charge is -2.05. The predicted molar refractivity (Wildman–Crippen MR) is 135 cm³/mol. The van der Waals surface area contributed by atoms with Gasteiger partial charge in [-0.15, -0.1) is 0 Å². The maximum atomic E-state index is 8.65. The molecule has 1 fully saturated rings. The second-order valence-electron chi connectivity index (χ2n) is 7.15. The average Bonchev–Trinajstić information content (AvgIpc) is 2.87. The summed E-state index contributed by atoms with van der Waals surface area (Å²) in [6.45, 7) is 5.84. The Labute approximate surface area is 187 Å². The Morgan fingerprint density at radius 3 is 2.00 bits per heavy atom. The minimum absolute atomic E-state index is 0.358. The Bertz CT molecular complexity index is 924. The highest BCUT2D eigenvalue weighted by atomic mass is 14.7. The van der Waals surface area contributed by atoms with Gasteiger partial charge in [0.2, 0.25) is 0 Å². The Balaban J connectivity index is 0.000000237. The number of nitrogen functional groups attached to an aromatic ring is 1. The van der Waals surface area contributed by atoms with Crippen LogP contribution in [-0.4, -0.2) is 12.0 Å². The molecule has 1 aromatic heterocycles. The average molecular weight is 417 g/mol. The monoisotopic (exact) mass is 416 g/mol. The molecule has 0 radical (unpaired) electrons. The standard InChI is InChI=1S/C10H7N3.C10H12.C6H12.CH5N/c11-6-7-5-9(12)8-3-1-2-4-10(8)13-7;1-3-9-5-7-10(4-2)8-6-9;1-2-4-6-5-3-1;1-2/h1-5H,(H2,12,13);3,5-8H,1,4H2,2H3;1-6H2;2H2,1H3. The summed E-state index contributed by atoms with van der Waals surface area (Å²) in [5, 5.41) is 9.54. The van der Waals surface area contributed by atoms with Gasteiger partial charge in [-0.05, 0) is 36.7 Å². The molecule has 4 N–H and O–H groups in total. The molecule has 4 rings (SSSR count). The van der Waals surface area contributed by atoms with Gasteiger partial charge >= 0.3 is 0 Å². The van der Waals surface area contributed by atoms with E-state index in [-0.39, 0.29) is 0 Å². The summed E-state index contributed by atoms with van der Waals surface area (Å²) >= 11 is 0. The van der Waals surface area contributed by atoms with E-state index in [9.17, 15) is 0 Å². The molecule has 3 aromatic rings. The van der Waals surface area contributed by atoms with E-state index in [1.165, 1.54) is 56.7 Å². The van der Waals surface area contributed by atoms with Crippen LogP contribution >= 0.6 is 0 Å². The number of pyridine rings is 1. The molecule has 0 bridgehead atoms. The van der Waals surface area contributed by atoms with Crippen molar-refractivity contribution in [1.29, 1.82) is 5.26 Å². The second kappa shape index (κ2) is 15.6. The van der Waals surface area contributed by atoms with Crippen molar-refractivity contribution in [3.63, 3.8) is 0 Å². The molecule has 0 atom stereocenters. The van der Waals surface area contributed by atoms with E-state index in [0.29, 0.717) is 11.4 Å². The van der Waals surface area contributed by atoms with Crippen molar-refractivity contribution >= 4 is 22.7 Å².